The molecule has 0 aromatic heterocycles. The number of benzene rings is 2. The summed E-state index contributed by atoms with van der Waals surface area (Å²) in [5.74, 6) is 1.24. The molecule has 0 saturated heterocycles. The van der Waals surface area contributed by atoms with Gasteiger partial charge in [0.15, 0.2) is 0 Å². The smallest absolute Gasteiger partial charge is 0.423 e. The molecule has 3 heteroatoms. The standard InChI is InChI=1S/C12H9O3/c1-14-11-6-7-12(15-8-13)10-5-3-2-4-9(10)11/h2-7H,1H3. The maximum Gasteiger partial charge on any atom is 0.423 e. The van der Waals surface area contributed by atoms with E-state index in [1.54, 1.807) is 19.2 Å². The molecule has 2 aromatic carbocycles. The number of ether oxygens (including phenoxy) is 2. The lowest BCUT2D eigenvalue weighted by Gasteiger charge is -2.07. The van der Waals surface area contributed by atoms with E-state index in [2.05, 4.69) is 0 Å². The summed E-state index contributed by atoms with van der Waals surface area (Å²) in [5, 5.41) is 1.74. The first-order valence-electron chi connectivity index (χ1n) is 4.46. The second kappa shape index (κ2) is 4.00. The van der Waals surface area contributed by atoms with E-state index >= 15 is 0 Å². The number of methoxy groups -OCH3 is 1. The maximum absolute atomic E-state index is 10.2. The van der Waals surface area contributed by atoms with Gasteiger partial charge in [-0.15, -0.1) is 0 Å². The maximum atomic E-state index is 10.2. The van der Waals surface area contributed by atoms with E-state index in [-0.39, 0.29) is 0 Å². The average Bonchev–Trinajstić information content (AvgIpc) is 2.30. The Kier molecular flexibility index (Phi) is 2.54. The van der Waals surface area contributed by atoms with Crippen molar-refractivity contribution in [2.45, 2.75) is 0 Å². The number of rotatable bonds is 3. The van der Waals surface area contributed by atoms with Gasteiger partial charge in [0.1, 0.15) is 11.5 Å². The van der Waals surface area contributed by atoms with Crippen LogP contribution in [0.5, 0.6) is 11.5 Å². The van der Waals surface area contributed by atoms with Crippen LogP contribution in [0, 0.1) is 0 Å². The van der Waals surface area contributed by atoms with E-state index in [9.17, 15) is 4.79 Å². The van der Waals surface area contributed by atoms with Crippen LogP contribution in [-0.2, 0) is 4.79 Å². The third kappa shape index (κ3) is 1.64. The van der Waals surface area contributed by atoms with Crippen LogP contribution in [0.2, 0.25) is 0 Å². The van der Waals surface area contributed by atoms with E-state index in [0.29, 0.717) is 5.75 Å². The molecule has 0 aliphatic rings. The molecule has 0 amide bonds. The van der Waals surface area contributed by atoms with Crippen molar-refractivity contribution in [1.82, 2.24) is 0 Å². The van der Waals surface area contributed by atoms with E-state index in [4.69, 9.17) is 9.47 Å². The molecule has 1 radical (unpaired) electrons. The second-order valence-electron chi connectivity index (χ2n) is 3.00. The van der Waals surface area contributed by atoms with Crippen LogP contribution in [0.25, 0.3) is 10.8 Å². The third-order valence-corrected chi connectivity index (χ3v) is 2.22. The molecule has 0 fully saturated rings. The molecule has 2 rings (SSSR count). The lowest BCUT2D eigenvalue weighted by molar-refractivity contribution is 0.418. The average molecular weight is 201 g/mol. The lowest BCUT2D eigenvalue weighted by atomic mass is 10.1. The van der Waals surface area contributed by atoms with Crippen molar-refractivity contribution in [2.75, 3.05) is 7.11 Å². The fraction of sp³-hybridized carbons (Fsp3) is 0.0833. The zero-order chi connectivity index (χ0) is 10.7. The summed E-state index contributed by atoms with van der Waals surface area (Å²) >= 11 is 0. The Bertz CT molecular complexity index is 491. The predicted molar refractivity (Wildman–Crippen MR) is 56.8 cm³/mol. The molecule has 0 atom stereocenters. The summed E-state index contributed by atoms with van der Waals surface area (Å²) in [6, 6.07) is 11.0. The van der Waals surface area contributed by atoms with Crippen LogP contribution >= 0.6 is 0 Å². The Labute approximate surface area is 87.2 Å². The molecule has 0 heterocycles. The molecule has 0 saturated carbocycles. The van der Waals surface area contributed by atoms with Gasteiger partial charge in [0, 0.05) is 10.8 Å². The first-order chi connectivity index (χ1) is 7.36. The van der Waals surface area contributed by atoms with Crippen LogP contribution in [0.1, 0.15) is 0 Å². The van der Waals surface area contributed by atoms with Crippen molar-refractivity contribution in [1.29, 1.82) is 0 Å². The van der Waals surface area contributed by atoms with Crippen molar-refractivity contribution in [3.63, 3.8) is 0 Å². The molecule has 0 aliphatic carbocycles. The monoisotopic (exact) mass is 201 g/mol. The number of fused-ring (bicyclic) bond motifs is 1. The van der Waals surface area contributed by atoms with E-state index < -0.39 is 0 Å². The van der Waals surface area contributed by atoms with Crippen LogP contribution in [-0.4, -0.2) is 13.6 Å². The fourth-order valence-electron chi connectivity index (χ4n) is 1.56. The molecule has 0 N–H and O–H groups in total. The highest BCUT2D eigenvalue weighted by Crippen LogP contribution is 2.32. The van der Waals surface area contributed by atoms with Crippen LogP contribution in [0.4, 0.5) is 0 Å². The Morgan fingerprint density at radius 1 is 1.00 bits per heavy atom. The van der Waals surface area contributed by atoms with Gasteiger partial charge in [-0.05, 0) is 12.1 Å². The van der Waals surface area contributed by atoms with Crippen molar-refractivity contribution < 1.29 is 14.3 Å². The molecule has 2 aromatic rings. The van der Waals surface area contributed by atoms with Gasteiger partial charge in [0.2, 0.25) is 0 Å². The summed E-state index contributed by atoms with van der Waals surface area (Å²) in [5.41, 5.74) is 0. The van der Waals surface area contributed by atoms with Crippen molar-refractivity contribution in [3.8, 4) is 11.5 Å². The SMILES string of the molecule is COc1ccc(O[C]=O)c2ccccc12. The van der Waals surface area contributed by atoms with Gasteiger partial charge in [-0.2, -0.15) is 0 Å². The minimum atomic E-state index is 0.487. The first kappa shape index (κ1) is 9.52. The van der Waals surface area contributed by atoms with Gasteiger partial charge in [-0.1, -0.05) is 24.3 Å². The van der Waals surface area contributed by atoms with Crippen LogP contribution < -0.4 is 9.47 Å². The summed E-state index contributed by atoms with van der Waals surface area (Å²) in [7, 11) is 1.61. The summed E-state index contributed by atoms with van der Waals surface area (Å²) < 4.78 is 9.96. The molecule has 75 valence electrons. The summed E-state index contributed by atoms with van der Waals surface area (Å²) in [4.78, 5) is 10.2. The third-order valence-electron chi connectivity index (χ3n) is 2.22. The van der Waals surface area contributed by atoms with Crippen molar-refractivity contribution in [3.05, 3.63) is 36.4 Å². The Morgan fingerprint density at radius 2 is 1.60 bits per heavy atom. The van der Waals surface area contributed by atoms with Crippen LogP contribution in [0.3, 0.4) is 0 Å². The molecule has 0 bridgehead atoms. The molecular formula is C12H9O3. The largest absolute Gasteiger partial charge is 0.496 e. The highest BCUT2D eigenvalue weighted by molar-refractivity contribution is 5.93. The molecule has 0 spiro atoms. The fourth-order valence-corrected chi connectivity index (χ4v) is 1.56. The zero-order valence-electron chi connectivity index (χ0n) is 8.19. The molecule has 3 nitrogen and oxygen atoms in total. The summed E-state index contributed by atoms with van der Waals surface area (Å²) in [6.45, 7) is 1.42. The number of hydrogen-bond donors (Lipinski definition) is 0. The molecule has 0 aliphatic heterocycles. The van der Waals surface area contributed by atoms with E-state index in [1.807, 2.05) is 24.3 Å². The predicted octanol–water partition coefficient (Wildman–Crippen LogP) is 2.29. The number of carbonyl (C=O) groups excluding carboxylic acids is 1. The van der Waals surface area contributed by atoms with Crippen molar-refractivity contribution in [2.24, 2.45) is 0 Å². The molecular weight excluding hydrogens is 192 g/mol. The minimum absolute atomic E-state index is 0.487. The van der Waals surface area contributed by atoms with Gasteiger partial charge in [-0.25, -0.2) is 4.79 Å². The zero-order valence-corrected chi connectivity index (χ0v) is 8.19. The van der Waals surface area contributed by atoms with Gasteiger partial charge in [0.25, 0.3) is 0 Å². The quantitative estimate of drug-likeness (QED) is 0.764. The normalized spacial score (nSPS) is 9.93. The second-order valence-corrected chi connectivity index (χ2v) is 3.00. The first-order valence-corrected chi connectivity index (χ1v) is 4.46. The number of hydrogen-bond acceptors (Lipinski definition) is 3. The highest BCUT2D eigenvalue weighted by atomic mass is 16.5. The Morgan fingerprint density at radius 3 is 2.20 bits per heavy atom. The van der Waals surface area contributed by atoms with Gasteiger partial charge in [-0.3, -0.25) is 0 Å². The van der Waals surface area contributed by atoms with Crippen molar-refractivity contribution >= 4 is 17.2 Å². The van der Waals surface area contributed by atoms with Gasteiger partial charge >= 0.3 is 6.47 Å². The Balaban J connectivity index is 2.71. The molecule has 0 unspecified atom stereocenters. The topological polar surface area (TPSA) is 35.5 Å². The van der Waals surface area contributed by atoms with Crippen LogP contribution in [0.15, 0.2) is 36.4 Å². The lowest BCUT2D eigenvalue weighted by Crippen LogP contribution is -1.91. The molecule has 15 heavy (non-hydrogen) atoms. The van der Waals surface area contributed by atoms with E-state index in [0.717, 1.165) is 16.5 Å². The van der Waals surface area contributed by atoms with E-state index in [1.165, 1.54) is 6.47 Å². The summed E-state index contributed by atoms with van der Waals surface area (Å²) in [6.07, 6.45) is 0. The highest BCUT2D eigenvalue weighted by Gasteiger charge is 2.06. The minimum Gasteiger partial charge on any atom is -0.496 e. The Hall–Kier alpha value is -2.03. The van der Waals surface area contributed by atoms with Gasteiger partial charge in [0.05, 0.1) is 7.11 Å². The van der Waals surface area contributed by atoms with Gasteiger partial charge < -0.3 is 9.47 Å².